The van der Waals surface area contributed by atoms with Crippen LogP contribution in [0.4, 0.5) is 5.69 Å². The topological polar surface area (TPSA) is 35.6 Å². The van der Waals surface area contributed by atoms with Gasteiger partial charge in [-0.2, -0.15) is 0 Å². The van der Waals surface area contributed by atoms with Crippen LogP contribution in [0.3, 0.4) is 0 Å². The molecule has 0 spiro atoms. The summed E-state index contributed by atoms with van der Waals surface area (Å²) in [6.45, 7) is 12.7. The molecule has 1 aliphatic rings. The highest BCUT2D eigenvalue weighted by Crippen LogP contribution is 2.14. The zero-order valence-electron chi connectivity index (χ0n) is 13.9. The lowest BCUT2D eigenvalue weighted by Gasteiger charge is -2.33. The fourth-order valence-electron chi connectivity index (χ4n) is 2.63. The first-order valence-electron chi connectivity index (χ1n) is 7.90. The van der Waals surface area contributed by atoms with Crippen molar-refractivity contribution in [2.45, 2.75) is 27.2 Å². The number of aryl methyl sites for hydroxylation is 2. The minimum Gasteiger partial charge on any atom is -0.326 e. The van der Waals surface area contributed by atoms with E-state index in [1.807, 2.05) is 12.1 Å². The second kappa shape index (κ2) is 9.13. The molecule has 0 aliphatic carbocycles. The molecule has 1 heterocycles. The van der Waals surface area contributed by atoms with Crippen LogP contribution in [-0.2, 0) is 4.79 Å². The van der Waals surface area contributed by atoms with Gasteiger partial charge in [-0.05, 0) is 43.7 Å². The van der Waals surface area contributed by atoms with Gasteiger partial charge in [-0.15, -0.1) is 12.4 Å². The predicted molar refractivity (Wildman–Crippen MR) is 95.0 cm³/mol. The van der Waals surface area contributed by atoms with Crippen molar-refractivity contribution in [3.63, 3.8) is 0 Å². The third-order valence-electron chi connectivity index (χ3n) is 4.36. The van der Waals surface area contributed by atoms with E-state index in [9.17, 15) is 4.79 Å². The van der Waals surface area contributed by atoms with Crippen molar-refractivity contribution in [1.82, 2.24) is 9.80 Å². The Kier molecular flexibility index (Phi) is 7.87. The summed E-state index contributed by atoms with van der Waals surface area (Å²) in [5.74, 6) is 0.108. The molecule has 4 nitrogen and oxygen atoms in total. The van der Waals surface area contributed by atoms with E-state index in [0.717, 1.165) is 45.0 Å². The molecular weight excluding hydrogens is 298 g/mol. The molecule has 1 fully saturated rings. The summed E-state index contributed by atoms with van der Waals surface area (Å²) in [5, 5.41) is 2.99. The van der Waals surface area contributed by atoms with Crippen molar-refractivity contribution in [2.75, 3.05) is 44.6 Å². The monoisotopic (exact) mass is 325 g/mol. The van der Waals surface area contributed by atoms with E-state index in [1.54, 1.807) is 0 Å². The maximum atomic E-state index is 12.0. The Morgan fingerprint density at radius 1 is 1.09 bits per heavy atom. The maximum Gasteiger partial charge on any atom is 0.225 e. The highest BCUT2D eigenvalue weighted by Gasteiger charge is 2.16. The first-order valence-corrected chi connectivity index (χ1v) is 7.90. The van der Waals surface area contributed by atoms with E-state index in [2.05, 4.69) is 42.0 Å². The van der Waals surface area contributed by atoms with E-state index in [4.69, 9.17) is 0 Å². The van der Waals surface area contributed by atoms with Gasteiger partial charge < -0.3 is 15.1 Å². The summed E-state index contributed by atoms with van der Waals surface area (Å²) in [4.78, 5) is 16.9. The van der Waals surface area contributed by atoms with Gasteiger partial charge >= 0.3 is 0 Å². The van der Waals surface area contributed by atoms with Gasteiger partial charge in [-0.3, -0.25) is 4.79 Å². The highest BCUT2D eigenvalue weighted by molar-refractivity contribution is 5.90. The summed E-state index contributed by atoms with van der Waals surface area (Å²) >= 11 is 0. The van der Waals surface area contributed by atoms with E-state index in [-0.39, 0.29) is 18.3 Å². The molecule has 0 radical (unpaired) electrons. The second-order valence-electron chi connectivity index (χ2n) is 5.87. The molecule has 124 valence electrons. The zero-order valence-corrected chi connectivity index (χ0v) is 14.7. The average Bonchev–Trinajstić information content (AvgIpc) is 2.49. The molecule has 0 aromatic heterocycles. The Morgan fingerprint density at radius 3 is 2.32 bits per heavy atom. The fraction of sp³-hybridized carbons (Fsp3) is 0.588. The standard InChI is InChI=1S/C17H27N3O.ClH/c1-4-19-9-11-20(12-10-19)8-7-17(21)18-16-6-5-14(2)15(3)13-16;/h5-6,13H,4,7-12H2,1-3H3,(H,18,21);1H. The second-order valence-corrected chi connectivity index (χ2v) is 5.87. The predicted octanol–water partition coefficient (Wildman–Crippen LogP) is 2.69. The molecule has 1 aliphatic heterocycles. The molecule has 2 rings (SSSR count). The number of benzene rings is 1. The molecule has 0 unspecified atom stereocenters. The molecule has 1 amide bonds. The first-order chi connectivity index (χ1) is 10.1. The van der Waals surface area contributed by atoms with Crippen LogP contribution in [0.1, 0.15) is 24.5 Å². The lowest BCUT2D eigenvalue weighted by atomic mass is 10.1. The maximum absolute atomic E-state index is 12.0. The van der Waals surface area contributed by atoms with Crippen molar-refractivity contribution in [3.8, 4) is 0 Å². The van der Waals surface area contributed by atoms with Crippen molar-refractivity contribution >= 4 is 24.0 Å². The van der Waals surface area contributed by atoms with E-state index in [0.29, 0.717) is 6.42 Å². The minimum absolute atomic E-state index is 0. The van der Waals surface area contributed by atoms with Crippen molar-refractivity contribution in [3.05, 3.63) is 29.3 Å². The average molecular weight is 326 g/mol. The summed E-state index contributed by atoms with van der Waals surface area (Å²) in [6, 6.07) is 6.06. The largest absolute Gasteiger partial charge is 0.326 e. The lowest BCUT2D eigenvalue weighted by Crippen LogP contribution is -2.46. The number of nitrogens with zero attached hydrogens (tertiary/aromatic N) is 2. The molecule has 0 bridgehead atoms. The normalized spacial score (nSPS) is 16.1. The lowest BCUT2D eigenvalue weighted by molar-refractivity contribution is -0.116. The number of nitrogens with one attached hydrogen (secondary N) is 1. The van der Waals surface area contributed by atoms with E-state index in [1.165, 1.54) is 11.1 Å². The van der Waals surface area contributed by atoms with Gasteiger partial charge in [0.15, 0.2) is 0 Å². The number of anilines is 1. The van der Waals surface area contributed by atoms with Gasteiger partial charge in [0.05, 0.1) is 0 Å². The quantitative estimate of drug-likeness (QED) is 0.904. The molecule has 22 heavy (non-hydrogen) atoms. The minimum atomic E-state index is 0. The van der Waals surface area contributed by atoms with E-state index < -0.39 is 0 Å². The number of likely N-dealkylation sites (N-methyl/N-ethyl adjacent to an activating group) is 1. The molecule has 1 aromatic rings. The van der Waals surface area contributed by atoms with Crippen LogP contribution in [0.2, 0.25) is 0 Å². The van der Waals surface area contributed by atoms with Gasteiger partial charge in [-0.1, -0.05) is 13.0 Å². The van der Waals surface area contributed by atoms with Crippen LogP contribution in [0, 0.1) is 13.8 Å². The summed E-state index contributed by atoms with van der Waals surface area (Å²) in [5.41, 5.74) is 3.36. The van der Waals surface area contributed by atoms with E-state index >= 15 is 0 Å². The number of carbonyl (C=O) groups excluding carboxylic acids is 1. The van der Waals surface area contributed by atoms with Gasteiger partial charge in [-0.25, -0.2) is 0 Å². The summed E-state index contributed by atoms with van der Waals surface area (Å²) in [7, 11) is 0. The Balaban J connectivity index is 0.00000242. The smallest absolute Gasteiger partial charge is 0.225 e. The molecule has 0 atom stereocenters. The zero-order chi connectivity index (χ0) is 15.2. The Morgan fingerprint density at radius 2 is 1.73 bits per heavy atom. The van der Waals surface area contributed by atoms with Crippen LogP contribution < -0.4 is 5.32 Å². The van der Waals surface area contributed by atoms with Crippen LogP contribution >= 0.6 is 12.4 Å². The number of rotatable bonds is 5. The molecule has 0 saturated carbocycles. The molecule has 1 saturated heterocycles. The number of piperazine rings is 1. The molecule has 5 heteroatoms. The molecule has 1 N–H and O–H groups in total. The third kappa shape index (κ3) is 5.59. The van der Waals surface area contributed by atoms with Crippen LogP contribution in [0.15, 0.2) is 18.2 Å². The number of carbonyl (C=O) groups is 1. The van der Waals surface area contributed by atoms with Crippen molar-refractivity contribution in [2.24, 2.45) is 0 Å². The van der Waals surface area contributed by atoms with Crippen LogP contribution in [-0.4, -0.2) is 55.0 Å². The first kappa shape index (κ1) is 18.9. The number of hydrogen-bond acceptors (Lipinski definition) is 3. The SMILES string of the molecule is CCN1CCN(CCC(=O)Nc2ccc(C)c(C)c2)CC1.Cl. The number of halogens is 1. The van der Waals surface area contributed by atoms with Crippen molar-refractivity contribution in [1.29, 1.82) is 0 Å². The molecular formula is C17H28ClN3O. The van der Waals surface area contributed by atoms with Crippen molar-refractivity contribution < 1.29 is 4.79 Å². The van der Waals surface area contributed by atoms with Gasteiger partial charge in [0, 0.05) is 44.8 Å². The Hall–Kier alpha value is -1.10. The fourth-order valence-corrected chi connectivity index (χ4v) is 2.63. The Labute approximate surface area is 140 Å². The number of amides is 1. The van der Waals surface area contributed by atoms with Crippen LogP contribution in [0.25, 0.3) is 0 Å². The molecule has 1 aromatic carbocycles. The van der Waals surface area contributed by atoms with Gasteiger partial charge in [0.1, 0.15) is 0 Å². The van der Waals surface area contributed by atoms with Gasteiger partial charge in [0.25, 0.3) is 0 Å². The number of hydrogen-bond donors (Lipinski definition) is 1. The summed E-state index contributed by atoms with van der Waals surface area (Å²) < 4.78 is 0. The van der Waals surface area contributed by atoms with Gasteiger partial charge in [0.2, 0.25) is 5.91 Å². The highest BCUT2D eigenvalue weighted by atomic mass is 35.5. The Bertz CT molecular complexity index is 485. The summed E-state index contributed by atoms with van der Waals surface area (Å²) in [6.07, 6.45) is 0.569. The van der Waals surface area contributed by atoms with Crippen LogP contribution in [0.5, 0.6) is 0 Å². The third-order valence-corrected chi connectivity index (χ3v) is 4.36.